The van der Waals surface area contributed by atoms with E-state index in [-0.39, 0.29) is 5.91 Å². The number of nitrogens with two attached hydrogens (primary N) is 1. The normalized spacial score (nSPS) is 10.7. The number of imidazole rings is 1. The molecule has 0 unspecified atom stereocenters. The zero-order valence-corrected chi connectivity index (χ0v) is 11.5. The van der Waals surface area contributed by atoms with Crippen molar-refractivity contribution in [1.29, 1.82) is 0 Å². The summed E-state index contributed by atoms with van der Waals surface area (Å²) in [5, 5.41) is 0.963. The van der Waals surface area contributed by atoms with Crippen molar-refractivity contribution in [1.82, 2.24) is 9.55 Å². The highest BCUT2D eigenvalue weighted by molar-refractivity contribution is 7.99. The quantitative estimate of drug-likeness (QED) is 0.480. The molecule has 1 aromatic carbocycles. The maximum absolute atomic E-state index is 10.7. The fraction of sp³-hybridized carbons (Fsp3) is 0.286. The average Bonchev–Trinajstić information content (AvgIpc) is 2.74. The molecule has 0 saturated carbocycles. The first kappa shape index (κ1) is 13.7. The Bertz CT molecular complexity index is 591. The predicted octanol–water partition coefficient (Wildman–Crippen LogP) is 2.58. The molecule has 0 aliphatic rings. The summed E-state index contributed by atoms with van der Waals surface area (Å²) < 4.78 is 2.14. The van der Waals surface area contributed by atoms with E-state index in [1.165, 1.54) is 0 Å². The largest absolute Gasteiger partial charge is 0.370 e. The van der Waals surface area contributed by atoms with Crippen LogP contribution in [0.4, 0.5) is 0 Å². The van der Waals surface area contributed by atoms with Crippen LogP contribution in [-0.2, 0) is 11.3 Å². The lowest BCUT2D eigenvalue weighted by Crippen LogP contribution is -2.10. The summed E-state index contributed by atoms with van der Waals surface area (Å²) in [4.78, 5) is 15.3. The third-order valence-electron chi connectivity index (χ3n) is 2.73. The van der Waals surface area contributed by atoms with Gasteiger partial charge in [-0.05, 0) is 18.6 Å². The number of nitrogens with zero attached hydrogens (tertiary/aromatic N) is 2. The standard InChI is InChI=1S/C14H17N3OS/c1-2-9-17-12-7-4-3-6-11(12)16-14(17)19-10-5-8-13(15)18/h2-4,6-7H,1,5,8-10H2,(H2,15,18). The fourth-order valence-electron chi connectivity index (χ4n) is 1.88. The molecule has 2 N–H and O–H groups in total. The van der Waals surface area contributed by atoms with Crippen molar-refractivity contribution in [2.75, 3.05) is 5.75 Å². The molecule has 0 spiro atoms. The minimum Gasteiger partial charge on any atom is -0.370 e. The van der Waals surface area contributed by atoms with Gasteiger partial charge in [0.1, 0.15) is 0 Å². The van der Waals surface area contributed by atoms with Gasteiger partial charge in [0, 0.05) is 18.7 Å². The molecule has 0 aliphatic heterocycles. The number of allylic oxidation sites excluding steroid dienone is 1. The Labute approximate surface area is 116 Å². The number of carbonyl (C=O) groups is 1. The van der Waals surface area contributed by atoms with E-state index in [0.717, 1.165) is 34.9 Å². The first-order valence-corrected chi connectivity index (χ1v) is 7.18. The van der Waals surface area contributed by atoms with Crippen LogP contribution in [0.1, 0.15) is 12.8 Å². The minimum absolute atomic E-state index is 0.250. The number of amides is 1. The van der Waals surface area contributed by atoms with Crippen LogP contribution < -0.4 is 5.73 Å². The lowest BCUT2D eigenvalue weighted by molar-refractivity contribution is -0.118. The first-order valence-electron chi connectivity index (χ1n) is 6.19. The van der Waals surface area contributed by atoms with Crippen molar-refractivity contribution < 1.29 is 4.79 Å². The molecular weight excluding hydrogens is 258 g/mol. The average molecular weight is 275 g/mol. The third-order valence-corrected chi connectivity index (χ3v) is 3.79. The van der Waals surface area contributed by atoms with E-state index >= 15 is 0 Å². The van der Waals surface area contributed by atoms with Gasteiger partial charge in [0.2, 0.25) is 5.91 Å². The number of hydrogen-bond acceptors (Lipinski definition) is 3. The van der Waals surface area contributed by atoms with Crippen molar-refractivity contribution in [3.63, 3.8) is 0 Å². The van der Waals surface area contributed by atoms with Crippen LogP contribution in [0.5, 0.6) is 0 Å². The minimum atomic E-state index is -0.250. The zero-order chi connectivity index (χ0) is 13.7. The van der Waals surface area contributed by atoms with Crippen LogP contribution in [0.15, 0.2) is 42.1 Å². The molecule has 0 fully saturated rings. The fourth-order valence-corrected chi connectivity index (χ4v) is 2.84. The van der Waals surface area contributed by atoms with Gasteiger partial charge in [0.15, 0.2) is 5.16 Å². The smallest absolute Gasteiger partial charge is 0.217 e. The van der Waals surface area contributed by atoms with Crippen molar-refractivity contribution in [3.8, 4) is 0 Å². The number of primary amides is 1. The molecule has 0 atom stereocenters. The molecule has 4 nitrogen and oxygen atoms in total. The van der Waals surface area contributed by atoms with E-state index in [2.05, 4.69) is 22.2 Å². The summed E-state index contributed by atoms with van der Waals surface area (Å²) >= 11 is 1.65. The summed E-state index contributed by atoms with van der Waals surface area (Å²) in [6, 6.07) is 8.04. The van der Waals surface area contributed by atoms with E-state index in [1.54, 1.807) is 11.8 Å². The first-order chi connectivity index (χ1) is 9.22. The van der Waals surface area contributed by atoms with Crippen LogP contribution in [0.3, 0.4) is 0 Å². The second-order valence-corrected chi connectivity index (χ2v) is 5.26. The molecule has 100 valence electrons. The summed E-state index contributed by atoms with van der Waals surface area (Å²) in [5.41, 5.74) is 7.23. The van der Waals surface area contributed by atoms with Gasteiger partial charge >= 0.3 is 0 Å². The number of benzene rings is 1. The second-order valence-electron chi connectivity index (χ2n) is 4.20. The van der Waals surface area contributed by atoms with Crippen molar-refractivity contribution in [2.24, 2.45) is 5.73 Å². The van der Waals surface area contributed by atoms with E-state index in [0.29, 0.717) is 6.42 Å². The Morgan fingerprint density at radius 2 is 2.26 bits per heavy atom. The Hall–Kier alpha value is -1.75. The molecular formula is C14H17N3OS. The van der Waals surface area contributed by atoms with Gasteiger partial charge in [-0.1, -0.05) is 30.0 Å². The van der Waals surface area contributed by atoms with Crippen LogP contribution in [0.25, 0.3) is 11.0 Å². The Kier molecular flexibility index (Phi) is 4.63. The van der Waals surface area contributed by atoms with Crippen LogP contribution >= 0.6 is 11.8 Å². The number of rotatable bonds is 7. The molecule has 2 rings (SSSR count). The lowest BCUT2D eigenvalue weighted by Gasteiger charge is -2.05. The number of carbonyl (C=O) groups excluding carboxylic acids is 1. The van der Waals surface area contributed by atoms with Crippen molar-refractivity contribution >= 4 is 28.7 Å². The van der Waals surface area contributed by atoms with E-state index < -0.39 is 0 Å². The molecule has 1 heterocycles. The number of aromatic nitrogens is 2. The monoisotopic (exact) mass is 275 g/mol. The molecule has 5 heteroatoms. The molecule has 19 heavy (non-hydrogen) atoms. The molecule has 2 aromatic rings. The summed E-state index contributed by atoms with van der Waals surface area (Å²) in [5.74, 6) is 0.587. The van der Waals surface area contributed by atoms with Gasteiger partial charge < -0.3 is 10.3 Å². The van der Waals surface area contributed by atoms with Crippen LogP contribution in [0, 0.1) is 0 Å². The highest BCUT2D eigenvalue weighted by atomic mass is 32.2. The lowest BCUT2D eigenvalue weighted by atomic mass is 10.3. The van der Waals surface area contributed by atoms with Crippen LogP contribution in [0.2, 0.25) is 0 Å². The third kappa shape index (κ3) is 3.38. The summed E-state index contributed by atoms with van der Waals surface area (Å²) in [6.07, 6.45) is 3.06. The number of para-hydroxylation sites is 2. The maximum Gasteiger partial charge on any atom is 0.217 e. The van der Waals surface area contributed by atoms with Gasteiger partial charge in [-0.2, -0.15) is 0 Å². The molecule has 0 saturated heterocycles. The second kappa shape index (κ2) is 6.43. The Morgan fingerprint density at radius 3 is 3.00 bits per heavy atom. The van der Waals surface area contributed by atoms with E-state index in [1.807, 2.05) is 24.3 Å². The van der Waals surface area contributed by atoms with Gasteiger partial charge in [0.05, 0.1) is 11.0 Å². The van der Waals surface area contributed by atoms with E-state index in [9.17, 15) is 4.79 Å². The van der Waals surface area contributed by atoms with Gasteiger partial charge in [0.25, 0.3) is 0 Å². The highest BCUT2D eigenvalue weighted by Crippen LogP contribution is 2.24. The zero-order valence-electron chi connectivity index (χ0n) is 10.7. The molecule has 0 aliphatic carbocycles. The molecule has 1 aromatic heterocycles. The van der Waals surface area contributed by atoms with E-state index in [4.69, 9.17) is 5.73 Å². The summed E-state index contributed by atoms with van der Waals surface area (Å²) in [6.45, 7) is 4.52. The predicted molar refractivity (Wildman–Crippen MR) is 79.1 cm³/mol. The summed E-state index contributed by atoms with van der Waals surface area (Å²) in [7, 11) is 0. The molecule has 0 radical (unpaired) electrons. The van der Waals surface area contributed by atoms with Gasteiger partial charge in [-0.15, -0.1) is 6.58 Å². The SMILES string of the molecule is C=CCn1c(SCCCC(N)=O)nc2ccccc21. The maximum atomic E-state index is 10.7. The molecule has 0 bridgehead atoms. The van der Waals surface area contributed by atoms with Crippen molar-refractivity contribution in [2.45, 2.75) is 24.5 Å². The Balaban J connectivity index is 2.14. The van der Waals surface area contributed by atoms with Crippen LogP contribution in [-0.4, -0.2) is 21.2 Å². The number of fused-ring (bicyclic) bond motifs is 1. The molecule has 1 amide bonds. The highest BCUT2D eigenvalue weighted by Gasteiger charge is 2.09. The topological polar surface area (TPSA) is 60.9 Å². The number of thioether (sulfide) groups is 1. The number of hydrogen-bond donors (Lipinski definition) is 1. The van der Waals surface area contributed by atoms with Crippen molar-refractivity contribution in [3.05, 3.63) is 36.9 Å². The van der Waals surface area contributed by atoms with Gasteiger partial charge in [-0.25, -0.2) is 4.98 Å². The Morgan fingerprint density at radius 1 is 1.47 bits per heavy atom. The van der Waals surface area contributed by atoms with Gasteiger partial charge in [-0.3, -0.25) is 4.79 Å².